The number of guanidine groups is 1. The summed E-state index contributed by atoms with van der Waals surface area (Å²) in [5.74, 6) is 0.990. The third kappa shape index (κ3) is 6.57. The molecule has 2 fully saturated rings. The average Bonchev–Trinajstić information content (AvgIpc) is 2.82. The zero-order valence-corrected chi connectivity index (χ0v) is 20.7. The molecule has 31 heavy (non-hydrogen) atoms. The molecule has 1 N–H and O–H groups in total. The number of nitrogens with one attached hydrogen (secondary N) is 1. The van der Waals surface area contributed by atoms with Crippen molar-refractivity contribution in [2.75, 3.05) is 64.4 Å². The summed E-state index contributed by atoms with van der Waals surface area (Å²) in [4.78, 5) is 11.8. The number of benzene rings is 2. The van der Waals surface area contributed by atoms with Gasteiger partial charge in [0, 0.05) is 65.1 Å². The number of halogens is 1. The second-order valence-corrected chi connectivity index (χ2v) is 7.87. The van der Waals surface area contributed by atoms with Crippen LogP contribution in [-0.2, 0) is 17.8 Å². The number of piperazine rings is 1. The Morgan fingerprint density at radius 1 is 0.871 bits per heavy atom. The van der Waals surface area contributed by atoms with Gasteiger partial charge >= 0.3 is 0 Å². The molecule has 2 aromatic rings. The molecule has 0 amide bonds. The molecular formula is C24H34IN5O. The van der Waals surface area contributed by atoms with Crippen LogP contribution in [0.4, 0.5) is 5.69 Å². The fourth-order valence-corrected chi connectivity index (χ4v) is 4.21. The minimum Gasteiger partial charge on any atom is -0.379 e. The Hall–Kier alpha value is -1.84. The molecule has 0 radical (unpaired) electrons. The molecule has 2 heterocycles. The summed E-state index contributed by atoms with van der Waals surface area (Å²) in [6, 6.07) is 19.4. The van der Waals surface area contributed by atoms with Crippen molar-refractivity contribution in [3.05, 3.63) is 65.7 Å². The lowest BCUT2D eigenvalue weighted by atomic mass is 10.1. The van der Waals surface area contributed by atoms with Crippen molar-refractivity contribution in [3.8, 4) is 0 Å². The first-order chi connectivity index (χ1) is 14.8. The van der Waals surface area contributed by atoms with Crippen LogP contribution in [0.5, 0.6) is 0 Å². The highest BCUT2D eigenvalue weighted by Gasteiger charge is 2.20. The summed E-state index contributed by atoms with van der Waals surface area (Å²) in [5.41, 5.74) is 4.03. The zero-order chi connectivity index (χ0) is 20.6. The van der Waals surface area contributed by atoms with Gasteiger partial charge in [-0.05, 0) is 23.3 Å². The van der Waals surface area contributed by atoms with Crippen molar-refractivity contribution in [1.82, 2.24) is 15.1 Å². The number of nitrogens with zero attached hydrogens (tertiary/aromatic N) is 4. The average molecular weight is 535 g/mol. The van der Waals surface area contributed by atoms with E-state index < -0.39 is 0 Å². The lowest BCUT2D eigenvalue weighted by Gasteiger charge is -2.37. The van der Waals surface area contributed by atoms with Gasteiger partial charge in [0.1, 0.15) is 0 Å². The van der Waals surface area contributed by atoms with Crippen LogP contribution in [0.15, 0.2) is 59.6 Å². The number of hydrogen-bond donors (Lipinski definition) is 1. The van der Waals surface area contributed by atoms with Gasteiger partial charge in [0.2, 0.25) is 0 Å². The number of aliphatic imine (C=N–C) groups is 1. The summed E-state index contributed by atoms with van der Waals surface area (Å²) in [6.07, 6.45) is 0. The number of hydrogen-bond acceptors (Lipinski definition) is 4. The molecule has 0 bridgehead atoms. The molecule has 168 valence electrons. The van der Waals surface area contributed by atoms with Crippen molar-refractivity contribution in [3.63, 3.8) is 0 Å². The van der Waals surface area contributed by atoms with Crippen molar-refractivity contribution in [1.29, 1.82) is 0 Å². The van der Waals surface area contributed by atoms with E-state index in [9.17, 15) is 0 Å². The molecule has 7 heteroatoms. The lowest BCUT2D eigenvalue weighted by Crippen LogP contribution is -2.52. The van der Waals surface area contributed by atoms with E-state index in [4.69, 9.17) is 4.74 Å². The third-order valence-corrected chi connectivity index (χ3v) is 5.97. The van der Waals surface area contributed by atoms with E-state index in [1.54, 1.807) is 0 Å². The van der Waals surface area contributed by atoms with E-state index in [0.29, 0.717) is 0 Å². The van der Waals surface area contributed by atoms with Crippen LogP contribution in [0.3, 0.4) is 0 Å². The molecule has 4 rings (SSSR count). The molecule has 0 saturated carbocycles. The number of morpholine rings is 1. The summed E-state index contributed by atoms with van der Waals surface area (Å²) in [6.45, 7) is 9.45. The summed E-state index contributed by atoms with van der Waals surface area (Å²) in [7, 11) is 1.88. The predicted octanol–water partition coefficient (Wildman–Crippen LogP) is 3.03. The monoisotopic (exact) mass is 535 g/mol. The van der Waals surface area contributed by atoms with E-state index in [1.807, 2.05) is 7.05 Å². The molecule has 2 aliphatic rings. The smallest absolute Gasteiger partial charge is 0.194 e. The van der Waals surface area contributed by atoms with Crippen molar-refractivity contribution < 1.29 is 4.74 Å². The number of rotatable bonds is 5. The largest absolute Gasteiger partial charge is 0.379 e. The summed E-state index contributed by atoms with van der Waals surface area (Å²) >= 11 is 0. The van der Waals surface area contributed by atoms with Gasteiger partial charge in [-0.25, -0.2) is 0 Å². The van der Waals surface area contributed by atoms with Gasteiger partial charge in [0.25, 0.3) is 0 Å². The molecule has 2 saturated heterocycles. The molecule has 0 unspecified atom stereocenters. The standard InChI is InChI=1S/C24H33N5O.HI/c1-25-24(29-13-11-28(12-14-29)23-9-3-2-4-10-23)26-19-21-7-5-6-8-22(21)20-27-15-17-30-18-16-27;/h2-10H,11-20H2,1H3,(H,25,26);1H. The van der Waals surface area contributed by atoms with Gasteiger partial charge in [0.05, 0.1) is 13.2 Å². The van der Waals surface area contributed by atoms with Gasteiger partial charge in [-0.1, -0.05) is 42.5 Å². The van der Waals surface area contributed by atoms with E-state index in [0.717, 1.165) is 71.5 Å². The van der Waals surface area contributed by atoms with Crippen LogP contribution >= 0.6 is 24.0 Å². The summed E-state index contributed by atoms with van der Waals surface area (Å²) in [5, 5.41) is 3.60. The lowest BCUT2D eigenvalue weighted by molar-refractivity contribution is 0.0341. The van der Waals surface area contributed by atoms with Crippen LogP contribution in [0.25, 0.3) is 0 Å². The predicted molar refractivity (Wildman–Crippen MR) is 138 cm³/mol. The first-order valence-corrected chi connectivity index (χ1v) is 11.0. The van der Waals surface area contributed by atoms with Gasteiger partial charge in [-0.2, -0.15) is 0 Å². The second kappa shape index (κ2) is 12.3. The van der Waals surface area contributed by atoms with Gasteiger partial charge in [0.15, 0.2) is 5.96 Å². The molecule has 2 aliphatic heterocycles. The van der Waals surface area contributed by atoms with E-state index in [1.165, 1.54) is 16.8 Å². The van der Waals surface area contributed by atoms with Crippen LogP contribution < -0.4 is 10.2 Å². The third-order valence-electron chi connectivity index (χ3n) is 5.97. The first kappa shape index (κ1) is 23.8. The van der Waals surface area contributed by atoms with Crippen molar-refractivity contribution in [2.45, 2.75) is 13.1 Å². The van der Waals surface area contributed by atoms with E-state index in [2.05, 4.69) is 79.6 Å². The van der Waals surface area contributed by atoms with Gasteiger partial charge in [-0.3, -0.25) is 9.89 Å². The first-order valence-electron chi connectivity index (χ1n) is 11.0. The quantitative estimate of drug-likeness (QED) is 0.363. The van der Waals surface area contributed by atoms with Gasteiger partial charge < -0.3 is 19.9 Å². The second-order valence-electron chi connectivity index (χ2n) is 7.87. The van der Waals surface area contributed by atoms with Crippen molar-refractivity contribution in [2.24, 2.45) is 4.99 Å². The number of ether oxygens (including phenoxy) is 1. The topological polar surface area (TPSA) is 43.3 Å². The summed E-state index contributed by atoms with van der Waals surface area (Å²) < 4.78 is 5.49. The maximum absolute atomic E-state index is 5.49. The van der Waals surface area contributed by atoms with Crippen LogP contribution in [0.2, 0.25) is 0 Å². The van der Waals surface area contributed by atoms with Crippen LogP contribution in [0, 0.1) is 0 Å². The molecule has 0 spiro atoms. The Labute approximate surface area is 203 Å². The Morgan fingerprint density at radius 2 is 1.52 bits per heavy atom. The zero-order valence-electron chi connectivity index (χ0n) is 18.4. The SMILES string of the molecule is CN=C(NCc1ccccc1CN1CCOCC1)N1CCN(c2ccccc2)CC1.I. The highest BCUT2D eigenvalue weighted by molar-refractivity contribution is 14.0. The molecule has 6 nitrogen and oxygen atoms in total. The molecule has 2 aromatic carbocycles. The van der Waals surface area contributed by atoms with Crippen LogP contribution in [-0.4, -0.2) is 75.3 Å². The Bertz CT molecular complexity index is 818. The van der Waals surface area contributed by atoms with Crippen LogP contribution in [0.1, 0.15) is 11.1 Å². The Morgan fingerprint density at radius 3 is 2.19 bits per heavy atom. The highest BCUT2D eigenvalue weighted by atomic mass is 127. The molecular weight excluding hydrogens is 501 g/mol. The highest BCUT2D eigenvalue weighted by Crippen LogP contribution is 2.16. The van der Waals surface area contributed by atoms with Gasteiger partial charge in [-0.15, -0.1) is 24.0 Å². The fourth-order valence-electron chi connectivity index (χ4n) is 4.21. The van der Waals surface area contributed by atoms with E-state index >= 15 is 0 Å². The van der Waals surface area contributed by atoms with Crippen molar-refractivity contribution >= 4 is 35.6 Å². The Kier molecular flexibility index (Phi) is 9.42. The molecule has 0 aromatic heterocycles. The number of anilines is 1. The maximum Gasteiger partial charge on any atom is 0.194 e. The minimum atomic E-state index is 0. The Balaban J connectivity index is 0.00000272. The maximum atomic E-state index is 5.49. The fraction of sp³-hybridized carbons (Fsp3) is 0.458. The number of para-hydroxylation sites is 1. The minimum absolute atomic E-state index is 0. The normalized spacial score (nSPS) is 17.9. The van der Waals surface area contributed by atoms with E-state index in [-0.39, 0.29) is 24.0 Å². The molecule has 0 atom stereocenters. The molecule has 0 aliphatic carbocycles.